The summed E-state index contributed by atoms with van der Waals surface area (Å²) in [5, 5.41) is 23.5. The first-order valence-corrected chi connectivity index (χ1v) is 36.8. The van der Waals surface area contributed by atoms with Crippen molar-refractivity contribution >= 4 is 5.91 Å². The lowest BCUT2D eigenvalue weighted by Crippen LogP contribution is -2.45. The van der Waals surface area contributed by atoms with Crippen LogP contribution in [0.1, 0.15) is 412 Å². The Morgan fingerprint density at radius 1 is 0.312 bits per heavy atom. The van der Waals surface area contributed by atoms with E-state index in [1.807, 2.05) is 0 Å². The number of allylic oxidation sites excluding steroid dienone is 8. The average molecular weight is 1120 g/mol. The molecule has 0 rings (SSSR count). The Labute approximate surface area is 503 Å². The van der Waals surface area contributed by atoms with Gasteiger partial charge in [0.05, 0.1) is 18.8 Å². The molecule has 1 amide bonds. The molecular weight excluding hydrogens is 975 g/mol. The highest BCUT2D eigenvalue weighted by Crippen LogP contribution is 2.20. The lowest BCUT2D eigenvalue weighted by molar-refractivity contribution is -0.123. The van der Waals surface area contributed by atoms with Gasteiger partial charge in [0.1, 0.15) is 0 Å². The summed E-state index contributed by atoms with van der Waals surface area (Å²) in [5.74, 6) is -0.0225. The molecule has 472 valence electrons. The highest BCUT2D eigenvalue weighted by Gasteiger charge is 2.20. The Kier molecular flexibility index (Phi) is 70.1. The first-order chi connectivity index (χ1) is 39.7. The van der Waals surface area contributed by atoms with Crippen LogP contribution in [-0.4, -0.2) is 34.9 Å². The topological polar surface area (TPSA) is 69.6 Å². The van der Waals surface area contributed by atoms with Crippen molar-refractivity contribution in [1.29, 1.82) is 0 Å². The highest BCUT2D eigenvalue weighted by molar-refractivity contribution is 5.76. The van der Waals surface area contributed by atoms with Crippen molar-refractivity contribution < 1.29 is 15.0 Å². The van der Waals surface area contributed by atoms with Gasteiger partial charge in [-0.05, 0) is 51.4 Å². The standard InChI is InChI=1S/C76H145NO3/c1-3-5-7-9-11-13-15-17-19-21-23-25-27-29-31-33-35-37-38-40-42-44-46-48-50-52-54-56-58-60-62-64-66-68-70-72-76(80)77-74(73-78)75(79)71-69-67-65-63-61-59-57-55-53-51-49-47-45-43-41-39-36-34-32-30-28-26-24-22-20-18-16-14-12-10-8-6-4-2/h5,7,11,13,17,19,23,25,74-75,78-79H,3-4,6,8-10,12,14-16,18,20-22,24,26-73H2,1-2H3,(H,77,80)/b7-5-,13-11-,19-17-,25-23-. The average Bonchev–Trinajstić information content (AvgIpc) is 3.46. The number of hydrogen-bond donors (Lipinski definition) is 3. The molecule has 0 saturated heterocycles. The first-order valence-electron chi connectivity index (χ1n) is 36.8. The Bertz CT molecular complexity index is 1270. The zero-order valence-corrected chi connectivity index (χ0v) is 54.6. The summed E-state index contributed by atoms with van der Waals surface area (Å²) < 4.78 is 0. The predicted octanol–water partition coefficient (Wildman–Crippen LogP) is 25.3. The zero-order chi connectivity index (χ0) is 57.6. The van der Waals surface area contributed by atoms with Crippen molar-refractivity contribution in [3.8, 4) is 0 Å². The smallest absolute Gasteiger partial charge is 0.220 e. The van der Waals surface area contributed by atoms with Crippen molar-refractivity contribution in [1.82, 2.24) is 5.32 Å². The SMILES string of the molecule is CC/C=C\C/C=C\C/C=C\C/C=C\CCCCCCCCCCCCCCCCCCCCCCCCC(=O)NC(CO)C(O)CCCCCCCCCCCCCCCCCCCCCCCCCCCCCCCCCCC. The molecule has 0 aliphatic carbocycles. The van der Waals surface area contributed by atoms with Gasteiger partial charge in [0, 0.05) is 6.42 Å². The Hall–Kier alpha value is -1.65. The molecule has 4 heteroatoms. The van der Waals surface area contributed by atoms with E-state index >= 15 is 0 Å². The summed E-state index contributed by atoms with van der Waals surface area (Å²) in [7, 11) is 0. The quantitative estimate of drug-likeness (QED) is 0.0420. The summed E-state index contributed by atoms with van der Waals surface area (Å²) in [4.78, 5) is 12.6. The van der Waals surface area contributed by atoms with Crippen molar-refractivity contribution in [2.45, 2.75) is 424 Å². The van der Waals surface area contributed by atoms with Gasteiger partial charge in [0.15, 0.2) is 0 Å². The van der Waals surface area contributed by atoms with Crippen LogP contribution in [0.2, 0.25) is 0 Å². The van der Waals surface area contributed by atoms with Crippen LogP contribution < -0.4 is 5.32 Å². The van der Waals surface area contributed by atoms with Crippen LogP contribution in [0.25, 0.3) is 0 Å². The van der Waals surface area contributed by atoms with Gasteiger partial charge >= 0.3 is 0 Å². The molecule has 0 aliphatic heterocycles. The number of nitrogens with one attached hydrogen (secondary N) is 1. The van der Waals surface area contributed by atoms with E-state index in [0.717, 1.165) is 51.4 Å². The largest absolute Gasteiger partial charge is 0.394 e. The number of rotatable bonds is 69. The van der Waals surface area contributed by atoms with Crippen LogP contribution in [0.15, 0.2) is 48.6 Å². The Morgan fingerprint density at radius 3 is 0.825 bits per heavy atom. The van der Waals surface area contributed by atoms with Crippen molar-refractivity contribution in [2.75, 3.05) is 6.61 Å². The molecule has 4 nitrogen and oxygen atoms in total. The molecule has 2 atom stereocenters. The van der Waals surface area contributed by atoms with Crippen LogP contribution in [0.4, 0.5) is 0 Å². The van der Waals surface area contributed by atoms with Crippen LogP contribution in [0.5, 0.6) is 0 Å². The van der Waals surface area contributed by atoms with Crippen molar-refractivity contribution in [3.63, 3.8) is 0 Å². The van der Waals surface area contributed by atoms with Crippen molar-refractivity contribution in [2.24, 2.45) is 0 Å². The summed E-state index contributed by atoms with van der Waals surface area (Å²) in [6.07, 6.45) is 101. The number of hydrogen-bond acceptors (Lipinski definition) is 3. The Morgan fingerprint density at radius 2 is 0.550 bits per heavy atom. The zero-order valence-electron chi connectivity index (χ0n) is 54.6. The fourth-order valence-corrected chi connectivity index (χ4v) is 11.8. The van der Waals surface area contributed by atoms with Gasteiger partial charge in [-0.15, -0.1) is 0 Å². The number of carbonyl (C=O) groups is 1. The second-order valence-electron chi connectivity index (χ2n) is 25.3. The molecular formula is C76H145NO3. The molecule has 3 N–H and O–H groups in total. The monoisotopic (exact) mass is 1120 g/mol. The number of amides is 1. The van der Waals surface area contributed by atoms with E-state index in [1.165, 1.54) is 334 Å². The summed E-state index contributed by atoms with van der Waals surface area (Å²) in [6.45, 7) is 4.29. The van der Waals surface area contributed by atoms with E-state index in [9.17, 15) is 15.0 Å². The molecule has 0 aromatic heterocycles. The van der Waals surface area contributed by atoms with Crippen LogP contribution >= 0.6 is 0 Å². The number of carbonyl (C=O) groups excluding carboxylic acids is 1. The van der Waals surface area contributed by atoms with E-state index in [1.54, 1.807) is 0 Å². The van der Waals surface area contributed by atoms with Gasteiger partial charge in [-0.25, -0.2) is 0 Å². The number of aliphatic hydroxyl groups excluding tert-OH is 2. The minimum atomic E-state index is -0.661. The minimum Gasteiger partial charge on any atom is -0.394 e. The lowest BCUT2D eigenvalue weighted by atomic mass is 10.0. The maximum Gasteiger partial charge on any atom is 0.220 e. The summed E-state index contributed by atoms with van der Waals surface area (Å²) in [5.41, 5.74) is 0. The molecule has 2 unspecified atom stereocenters. The molecule has 0 aliphatic rings. The normalized spacial score (nSPS) is 12.9. The van der Waals surface area contributed by atoms with Crippen molar-refractivity contribution in [3.05, 3.63) is 48.6 Å². The van der Waals surface area contributed by atoms with Gasteiger partial charge in [0.25, 0.3) is 0 Å². The third kappa shape index (κ3) is 67.1. The van der Waals surface area contributed by atoms with Gasteiger partial charge in [-0.1, -0.05) is 403 Å². The Balaban J connectivity index is 3.37. The molecule has 0 spiro atoms. The molecule has 0 aromatic rings. The van der Waals surface area contributed by atoms with E-state index in [-0.39, 0.29) is 12.5 Å². The van der Waals surface area contributed by atoms with Crippen LogP contribution in [-0.2, 0) is 4.79 Å². The fraction of sp³-hybridized carbons (Fsp3) is 0.882. The highest BCUT2D eigenvalue weighted by atomic mass is 16.3. The summed E-state index contributed by atoms with van der Waals surface area (Å²) in [6, 6.07) is -0.537. The van der Waals surface area contributed by atoms with E-state index in [2.05, 4.69) is 67.8 Å². The van der Waals surface area contributed by atoms with Crippen LogP contribution in [0.3, 0.4) is 0 Å². The first kappa shape index (κ1) is 78.4. The molecule has 0 radical (unpaired) electrons. The van der Waals surface area contributed by atoms with Gasteiger partial charge in [0.2, 0.25) is 5.91 Å². The fourth-order valence-electron chi connectivity index (χ4n) is 11.8. The minimum absolute atomic E-state index is 0.0225. The van der Waals surface area contributed by atoms with Gasteiger partial charge in [-0.3, -0.25) is 4.79 Å². The second kappa shape index (κ2) is 71.6. The number of unbranched alkanes of at least 4 members (excludes halogenated alkanes) is 54. The van der Waals surface area contributed by atoms with E-state index in [0.29, 0.717) is 12.8 Å². The molecule has 0 bridgehead atoms. The maximum absolute atomic E-state index is 12.6. The molecule has 0 saturated carbocycles. The van der Waals surface area contributed by atoms with E-state index < -0.39 is 12.1 Å². The molecule has 0 heterocycles. The van der Waals surface area contributed by atoms with Gasteiger partial charge in [-0.2, -0.15) is 0 Å². The maximum atomic E-state index is 12.6. The molecule has 0 aromatic carbocycles. The lowest BCUT2D eigenvalue weighted by Gasteiger charge is -2.22. The third-order valence-corrected chi connectivity index (χ3v) is 17.4. The summed E-state index contributed by atoms with van der Waals surface area (Å²) >= 11 is 0. The molecule has 80 heavy (non-hydrogen) atoms. The predicted molar refractivity (Wildman–Crippen MR) is 359 cm³/mol. The van der Waals surface area contributed by atoms with Crippen LogP contribution in [0, 0.1) is 0 Å². The van der Waals surface area contributed by atoms with Gasteiger partial charge < -0.3 is 15.5 Å². The molecule has 0 fully saturated rings. The second-order valence-corrected chi connectivity index (χ2v) is 25.3. The third-order valence-electron chi connectivity index (χ3n) is 17.4. The number of aliphatic hydroxyl groups is 2. The van der Waals surface area contributed by atoms with E-state index in [4.69, 9.17) is 0 Å².